The number of carboxylic acids is 1. The molecule has 0 amide bonds. The zero-order valence-corrected chi connectivity index (χ0v) is 20.8. The number of fused-ring (bicyclic) bond motifs is 1. The molecule has 184 valence electrons. The van der Waals surface area contributed by atoms with Crippen LogP contribution in [0.5, 0.6) is 5.75 Å². The van der Waals surface area contributed by atoms with Gasteiger partial charge in [-0.1, -0.05) is 70.2 Å². The standard InChI is InChI=1S/C28H38N2O4/c1-5-7-8-9-10-14-24(26-30-23-13-11-12-15-25(23)33-26)29-22(6-2)20-16-18-21(19-17-20)34-28(3,4)27(31)32/h11-13,15-19,22,24,29H,5-10,14H2,1-4H3,(H,31,32). The second-order valence-electron chi connectivity index (χ2n) is 9.39. The lowest BCUT2D eigenvalue weighted by atomic mass is 10.0. The van der Waals surface area contributed by atoms with Gasteiger partial charge in [-0.05, 0) is 56.5 Å². The van der Waals surface area contributed by atoms with E-state index in [0.717, 1.165) is 41.8 Å². The third kappa shape index (κ3) is 6.83. The summed E-state index contributed by atoms with van der Waals surface area (Å²) in [5, 5.41) is 13.1. The predicted octanol–water partition coefficient (Wildman–Crippen LogP) is 7.21. The minimum absolute atomic E-state index is 0.0147. The second-order valence-corrected chi connectivity index (χ2v) is 9.39. The molecule has 2 unspecified atom stereocenters. The molecule has 0 saturated heterocycles. The molecule has 0 bridgehead atoms. The summed E-state index contributed by atoms with van der Waals surface area (Å²) in [6.45, 7) is 7.48. The van der Waals surface area contributed by atoms with E-state index < -0.39 is 11.6 Å². The molecule has 2 atom stereocenters. The number of para-hydroxylation sites is 2. The van der Waals surface area contributed by atoms with Crippen LogP contribution in [0.2, 0.25) is 0 Å². The van der Waals surface area contributed by atoms with Crippen molar-refractivity contribution in [3.8, 4) is 5.75 Å². The highest BCUT2D eigenvalue weighted by molar-refractivity contribution is 5.76. The Labute approximate surface area is 202 Å². The molecule has 2 aromatic carbocycles. The number of nitrogens with one attached hydrogen (secondary N) is 1. The van der Waals surface area contributed by atoms with E-state index in [9.17, 15) is 9.90 Å². The van der Waals surface area contributed by atoms with Gasteiger partial charge in [0, 0.05) is 6.04 Å². The molecule has 0 fully saturated rings. The Bertz CT molecular complexity index is 1010. The van der Waals surface area contributed by atoms with Crippen LogP contribution >= 0.6 is 0 Å². The van der Waals surface area contributed by atoms with Crippen molar-refractivity contribution in [2.24, 2.45) is 0 Å². The smallest absolute Gasteiger partial charge is 0.347 e. The Morgan fingerprint density at radius 2 is 1.74 bits per heavy atom. The van der Waals surface area contributed by atoms with Gasteiger partial charge in [0.1, 0.15) is 11.3 Å². The van der Waals surface area contributed by atoms with Gasteiger partial charge in [0.2, 0.25) is 5.89 Å². The lowest BCUT2D eigenvalue weighted by molar-refractivity contribution is -0.152. The molecule has 3 aromatic rings. The van der Waals surface area contributed by atoms with Gasteiger partial charge in [0.05, 0.1) is 6.04 Å². The molecular weight excluding hydrogens is 428 g/mol. The van der Waals surface area contributed by atoms with Crippen LogP contribution in [0.1, 0.15) is 96.2 Å². The Balaban J connectivity index is 1.75. The van der Waals surface area contributed by atoms with E-state index in [0.29, 0.717) is 5.75 Å². The second kappa shape index (κ2) is 12.0. The molecule has 3 rings (SSSR count). The molecule has 0 saturated carbocycles. The summed E-state index contributed by atoms with van der Waals surface area (Å²) in [5.41, 5.74) is 1.53. The molecule has 0 aliphatic heterocycles. The molecule has 1 heterocycles. The van der Waals surface area contributed by atoms with Gasteiger partial charge in [-0.2, -0.15) is 0 Å². The number of hydrogen-bond donors (Lipinski definition) is 2. The van der Waals surface area contributed by atoms with Crippen LogP contribution in [0.4, 0.5) is 0 Å². The fourth-order valence-corrected chi connectivity index (χ4v) is 4.07. The number of benzene rings is 2. The van der Waals surface area contributed by atoms with Crippen molar-refractivity contribution < 1.29 is 19.1 Å². The SMILES string of the molecule is CCCCCCCC(NC(CC)c1ccc(OC(C)(C)C(=O)O)cc1)c1nc2ccccc2o1. The highest BCUT2D eigenvalue weighted by Crippen LogP contribution is 2.29. The predicted molar refractivity (Wildman–Crippen MR) is 135 cm³/mol. The van der Waals surface area contributed by atoms with Crippen molar-refractivity contribution in [1.29, 1.82) is 0 Å². The topological polar surface area (TPSA) is 84.6 Å². The van der Waals surface area contributed by atoms with Gasteiger partial charge in [-0.25, -0.2) is 9.78 Å². The molecular formula is C28H38N2O4. The molecule has 1 aromatic heterocycles. The fraction of sp³-hybridized carbons (Fsp3) is 0.500. The molecule has 34 heavy (non-hydrogen) atoms. The molecule has 0 radical (unpaired) electrons. The van der Waals surface area contributed by atoms with E-state index in [4.69, 9.17) is 14.1 Å². The van der Waals surface area contributed by atoms with Crippen molar-refractivity contribution in [3.63, 3.8) is 0 Å². The largest absolute Gasteiger partial charge is 0.478 e. The maximum Gasteiger partial charge on any atom is 0.347 e. The van der Waals surface area contributed by atoms with Gasteiger partial charge in [-0.15, -0.1) is 0 Å². The summed E-state index contributed by atoms with van der Waals surface area (Å²) >= 11 is 0. The van der Waals surface area contributed by atoms with Crippen LogP contribution in [0.3, 0.4) is 0 Å². The number of oxazole rings is 1. The van der Waals surface area contributed by atoms with E-state index in [2.05, 4.69) is 19.2 Å². The van der Waals surface area contributed by atoms with Crippen LogP contribution in [-0.4, -0.2) is 21.7 Å². The first-order valence-electron chi connectivity index (χ1n) is 12.5. The van der Waals surface area contributed by atoms with Crippen molar-refractivity contribution >= 4 is 17.1 Å². The highest BCUT2D eigenvalue weighted by Gasteiger charge is 2.29. The van der Waals surface area contributed by atoms with Gasteiger partial charge in [0.25, 0.3) is 0 Å². The average Bonchev–Trinajstić information content (AvgIpc) is 3.25. The third-order valence-corrected chi connectivity index (χ3v) is 6.19. The van der Waals surface area contributed by atoms with E-state index in [-0.39, 0.29) is 12.1 Å². The Kier molecular flexibility index (Phi) is 9.11. The number of nitrogens with zero attached hydrogens (tertiary/aromatic N) is 1. The minimum atomic E-state index is -1.28. The number of ether oxygens (including phenoxy) is 1. The number of aliphatic carboxylic acids is 1. The van der Waals surface area contributed by atoms with Gasteiger partial charge < -0.3 is 14.3 Å². The van der Waals surface area contributed by atoms with Gasteiger partial charge >= 0.3 is 5.97 Å². The van der Waals surface area contributed by atoms with Crippen LogP contribution in [0, 0.1) is 0 Å². The van der Waals surface area contributed by atoms with Crippen LogP contribution in [-0.2, 0) is 4.79 Å². The summed E-state index contributed by atoms with van der Waals surface area (Å²) in [6.07, 6.45) is 7.93. The Morgan fingerprint density at radius 3 is 2.38 bits per heavy atom. The summed E-state index contributed by atoms with van der Waals surface area (Å²) in [5.74, 6) is 0.278. The first kappa shape index (κ1) is 25.8. The average molecular weight is 467 g/mol. The van der Waals surface area contributed by atoms with Crippen molar-refractivity contribution in [2.75, 3.05) is 0 Å². The Hall–Kier alpha value is -2.86. The summed E-state index contributed by atoms with van der Waals surface area (Å²) in [7, 11) is 0. The van der Waals surface area contributed by atoms with Crippen molar-refractivity contribution in [1.82, 2.24) is 10.3 Å². The Morgan fingerprint density at radius 1 is 1.03 bits per heavy atom. The first-order chi connectivity index (χ1) is 16.3. The van der Waals surface area contributed by atoms with E-state index >= 15 is 0 Å². The third-order valence-electron chi connectivity index (χ3n) is 6.19. The van der Waals surface area contributed by atoms with E-state index in [1.54, 1.807) is 13.8 Å². The fourth-order valence-electron chi connectivity index (χ4n) is 4.07. The van der Waals surface area contributed by atoms with Crippen LogP contribution in [0.15, 0.2) is 52.9 Å². The molecule has 0 aliphatic rings. The number of unbranched alkanes of at least 4 members (excludes halogenated alkanes) is 4. The monoisotopic (exact) mass is 466 g/mol. The van der Waals surface area contributed by atoms with Crippen LogP contribution < -0.4 is 10.1 Å². The quantitative estimate of drug-likeness (QED) is 0.244. The summed E-state index contributed by atoms with van der Waals surface area (Å²) in [6, 6.07) is 15.7. The van der Waals surface area contributed by atoms with Crippen molar-refractivity contribution in [3.05, 3.63) is 60.0 Å². The number of aromatic nitrogens is 1. The maximum atomic E-state index is 11.4. The lowest BCUT2D eigenvalue weighted by Crippen LogP contribution is -2.37. The molecule has 6 heteroatoms. The maximum absolute atomic E-state index is 11.4. The van der Waals surface area contributed by atoms with Gasteiger partial charge in [0.15, 0.2) is 11.2 Å². The molecule has 0 aliphatic carbocycles. The van der Waals surface area contributed by atoms with Gasteiger partial charge in [-0.3, -0.25) is 5.32 Å². The first-order valence-corrected chi connectivity index (χ1v) is 12.5. The highest BCUT2D eigenvalue weighted by atomic mass is 16.5. The molecule has 6 nitrogen and oxygen atoms in total. The molecule has 2 N–H and O–H groups in total. The summed E-state index contributed by atoms with van der Waals surface area (Å²) < 4.78 is 11.8. The minimum Gasteiger partial charge on any atom is -0.478 e. The number of hydrogen-bond acceptors (Lipinski definition) is 5. The van der Waals surface area contributed by atoms with E-state index in [1.807, 2.05) is 48.5 Å². The zero-order chi connectivity index (χ0) is 24.6. The number of carbonyl (C=O) groups is 1. The summed E-state index contributed by atoms with van der Waals surface area (Å²) in [4.78, 5) is 16.1. The lowest BCUT2D eigenvalue weighted by Gasteiger charge is -2.25. The number of rotatable bonds is 14. The van der Waals surface area contributed by atoms with Crippen LogP contribution in [0.25, 0.3) is 11.1 Å². The zero-order valence-electron chi connectivity index (χ0n) is 20.8. The number of carboxylic acid groups (broad SMARTS) is 1. The molecule has 0 spiro atoms. The van der Waals surface area contributed by atoms with E-state index in [1.165, 1.54) is 25.7 Å². The normalized spacial score (nSPS) is 13.6. The van der Waals surface area contributed by atoms with Crippen molar-refractivity contribution in [2.45, 2.75) is 90.3 Å².